The summed E-state index contributed by atoms with van der Waals surface area (Å²) in [5.74, 6) is 1.63. The van der Waals surface area contributed by atoms with Gasteiger partial charge in [-0.05, 0) is 19.3 Å². The second-order valence-electron chi connectivity index (χ2n) is 4.27. The number of rotatable bonds is 7. The van der Waals surface area contributed by atoms with Crippen LogP contribution < -0.4 is 4.90 Å². The molecule has 5 heteroatoms. The van der Waals surface area contributed by atoms with Gasteiger partial charge in [0.1, 0.15) is 5.82 Å². The topological polar surface area (TPSA) is 49.2 Å². The minimum Gasteiger partial charge on any atom is -0.395 e. The first kappa shape index (κ1) is 11.8. The molecule has 1 aliphatic carbocycles. The van der Waals surface area contributed by atoms with Gasteiger partial charge in [0.25, 0.3) is 0 Å². The number of hydrogen-bond acceptors (Lipinski definition) is 5. The molecule has 0 amide bonds. The summed E-state index contributed by atoms with van der Waals surface area (Å²) >= 11 is 1.47. The molecule has 1 fully saturated rings. The van der Waals surface area contributed by atoms with Gasteiger partial charge in [-0.3, -0.25) is 0 Å². The van der Waals surface area contributed by atoms with Crippen LogP contribution in [-0.2, 0) is 0 Å². The molecule has 0 unspecified atom stereocenters. The number of aromatic nitrogens is 2. The Balaban J connectivity index is 1.98. The fourth-order valence-corrected chi connectivity index (χ4v) is 2.43. The molecule has 1 heterocycles. The number of aliphatic hydroxyl groups is 1. The van der Waals surface area contributed by atoms with Crippen molar-refractivity contribution in [2.45, 2.75) is 38.5 Å². The van der Waals surface area contributed by atoms with Crippen molar-refractivity contribution in [3.05, 3.63) is 5.82 Å². The Labute approximate surface area is 100 Å². The average molecular weight is 241 g/mol. The summed E-state index contributed by atoms with van der Waals surface area (Å²) in [6.07, 6.45) is 4.78. The molecular weight excluding hydrogens is 222 g/mol. The maximum absolute atomic E-state index is 9.04. The first-order valence-electron chi connectivity index (χ1n) is 6.04. The molecule has 1 saturated carbocycles. The van der Waals surface area contributed by atoms with Gasteiger partial charge in [0.15, 0.2) is 0 Å². The van der Waals surface area contributed by atoms with E-state index in [4.69, 9.17) is 5.11 Å². The van der Waals surface area contributed by atoms with E-state index in [2.05, 4.69) is 21.2 Å². The van der Waals surface area contributed by atoms with E-state index < -0.39 is 0 Å². The predicted molar refractivity (Wildman–Crippen MR) is 66.1 cm³/mol. The normalized spacial score (nSPS) is 15.4. The molecule has 0 atom stereocenters. The van der Waals surface area contributed by atoms with Crippen molar-refractivity contribution in [3.8, 4) is 0 Å². The van der Waals surface area contributed by atoms with Crippen LogP contribution in [-0.4, -0.2) is 34.2 Å². The minimum absolute atomic E-state index is 0.183. The summed E-state index contributed by atoms with van der Waals surface area (Å²) in [6, 6.07) is 0. The summed E-state index contributed by atoms with van der Waals surface area (Å²) in [6.45, 7) is 3.99. The van der Waals surface area contributed by atoms with Crippen LogP contribution >= 0.6 is 11.5 Å². The Morgan fingerprint density at radius 2 is 2.25 bits per heavy atom. The van der Waals surface area contributed by atoms with Crippen LogP contribution in [0.5, 0.6) is 0 Å². The van der Waals surface area contributed by atoms with Gasteiger partial charge < -0.3 is 10.0 Å². The number of anilines is 1. The van der Waals surface area contributed by atoms with Crippen molar-refractivity contribution in [2.24, 2.45) is 0 Å². The highest BCUT2D eigenvalue weighted by molar-refractivity contribution is 7.09. The van der Waals surface area contributed by atoms with E-state index in [1.807, 2.05) is 0 Å². The predicted octanol–water partition coefficient (Wildman–Crippen LogP) is 2.01. The van der Waals surface area contributed by atoms with Crippen molar-refractivity contribution < 1.29 is 5.11 Å². The second kappa shape index (κ2) is 5.59. The van der Waals surface area contributed by atoms with Crippen molar-refractivity contribution in [3.63, 3.8) is 0 Å². The zero-order valence-electron chi connectivity index (χ0n) is 9.72. The molecular formula is C11H19N3OS. The number of nitrogens with zero attached hydrogens (tertiary/aromatic N) is 3. The standard InChI is InChI=1S/C11H19N3OS/c1-2-3-6-14(7-8-15)11-12-10(13-16-11)9-4-5-9/h9,15H,2-8H2,1H3. The molecule has 1 aromatic rings. The van der Waals surface area contributed by atoms with Crippen molar-refractivity contribution in [2.75, 3.05) is 24.6 Å². The van der Waals surface area contributed by atoms with Crippen LogP contribution in [0, 0.1) is 0 Å². The summed E-state index contributed by atoms with van der Waals surface area (Å²) in [5.41, 5.74) is 0. The van der Waals surface area contributed by atoms with Crippen LogP contribution in [0.2, 0.25) is 0 Å². The molecule has 4 nitrogen and oxygen atoms in total. The lowest BCUT2D eigenvalue weighted by Gasteiger charge is -2.19. The third kappa shape index (κ3) is 2.92. The van der Waals surface area contributed by atoms with Crippen LogP contribution in [0.4, 0.5) is 5.13 Å². The fourth-order valence-electron chi connectivity index (χ4n) is 1.63. The number of unbranched alkanes of at least 4 members (excludes halogenated alkanes) is 1. The minimum atomic E-state index is 0.183. The largest absolute Gasteiger partial charge is 0.395 e. The van der Waals surface area contributed by atoms with E-state index in [0.29, 0.717) is 12.5 Å². The second-order valence-corrected chi connectivity index (χ2v) is 5.00. The third-order valence-corrected chi connectivity index (χ3v) is 3.59. The average Bonchev–Trinajstić information content (AvgIpc) is 3.03. The number of hydrogen-bond donors (Lipinski definition) is 1. The van der Waals surface area contributed by atoms with Crippen LogP contribution in [0.25, 0.3) is 0 Å². The molecule has 90 valence electrons. The van der Waals surface area contributed by atoms with Gasteiger partial charge in [-0.25, -0.2) is 4.98 Å². The Bertz CT molecular complexity index is 325. The molecule has 1 aromatic heterocycles. The third-order valence-electron chi connectivity index (χ3n) is 2.80. The molecule has 0 radical (unpaired) electrons. The lowest BCUT2D eigenvalue weighted by atomic mass is 10.3. The molecule has 0 saturated heterocycles. The molecule has 1 aliphatic rings. The molecule has 0 bridgehead atoms. The van der Waals surface area contributed by atoms with Gasteiger partial charge in [0.05, 0.1) is 6.61 Å². The van der Waals surface area contributed by atoms with Gasteiger partial charge in [-0.2, -0.15) is 4.37 Å². The molecule has 1 N–H and O–H groups in total. The van der Waals surface area contributed by atoms with E-state index in [0.717, 1.165) is 30.3 Å². The highest BCUT2D eigenvalue weighted by atomic mass is 32.1. The summed E-state index contributed by atoms with van der Waals surface area (Å²) in [4.78, 5) is 6.71. The van der Waals surface area contributed by atoms with E-state index in [9.17, 15) is 0 Å². The van der Waals surface area contributed by atoms with E-state index in [-0.39, 0.29) is 6.61 Å². The Kier molecular flexibility index (Phi) is 4.12. The molecule has 2 rings (SSSR count). The van der Waals surface area contributed by atoms with Crippen molar-refractivity contribution >= 4 is 16.7 Å². The molecule has 0 aliphatic heterocycles. The highest BCUT2D eigenvalue weighted by Gasteiger charge is 2.28. The highest BCUT2D eigenvalue weighted by Crippen LogP contribution is 2.39. The summed E-state index contributed by atoms with van der Waals surface area (Å²) in [7, 11) is 0. The van der Waals surface area contributed by atoms with Gasteiger partial charge in [-0.15, -0.1) is 0 Å². The van der Waals surface area contributed by atoms with Gasteiger partial charge in [0.2, 0.25) is 5.13 Å². The molecule has 16 heavy (non-hydrogen) atoms. The number of aliphatic hydroxyl groups excluding tert-OH is 1. The lowest BCUT2D eigenvalue weighted by Crippen LogP contribution is -2.27. The SMILES string of the molecule is CCCCN(CCO)c1nc(C2CC2)ns1. The van der Waals surface area contributed by atoms with Crippen LogP contribution in [0.15, 0.2) is 0 Å². The summed E-state index contributed by atoms with van der Waals surface area (Å²) in [5, 5.41) is 10.0. The van der Waals surface area contributed by atoms with E-state index in [1.54, 1.807) is 0 Å². The smallest absolute Gasteiger partial charge is 0.205 e. The summed E-state index contributed by atoms with van der Waals surface area (Å²) < 4.78 is 4.40. The first-order valence-corrected chi connectivity index (χ1v) is 6.82. The fraction of sp³-hybridized carbons (Fsp3) is 0.818. The Morgan fingerprint density at radius 1 is 1.44 bits per heavy atom. The first-order chi connectivity index (χ1) is 7.85. The van der Waals surface area contributed by atoms with Gasteiger partial charge >= 0.3 is 0 Å². The molecule has 0 aromatic carbocycles. The van der Waals surface area contributed by atoms with Crippen molar-refractivity contribution in [1.82, 2.24) is 9.36 Å². The lowest BCUT2D eigenvalue weighted by molar-refractivity contribution is 0.301. The maximum Gasteiger partial charge on any atom is 0.205 e. The molecule has 0 spiro atoms. The maximum atomic E-state index is 9.04. The van der Waals surface area contributed by atoms with Crippen molar-refractivity contribution in [1.29, 1.82) is 0 Å². The quantitative estimate of drug-likeness (QED) is 0.793. The Hall–Kier alpha value is -0.680. The van der Waals surface area contributed by atoms with Crippen LogP contribution in [0.1, 0.15) is 44.3 Å². The van der Waals surface area contributed by atoms with Crippen LogP contribution in [0.3, 0.4) is 0 Å². The zero-order chi connectivity index (χ0) is 11.4. The monoisotopic (exact) mass is 241 g/mol. The Morgan fingerprint density at radius 3 is 2.88 bits per heavy atom. The van der Waals surface area contributed by atoms with Gasteiger partial charge in [-0.1, -0.05) is 13.3 Å². The van der Waals surface area contributed by atoms with E-state index in [1.165, 1.54) is 24.4 Å². The van der Waals surface area contributed by atoms with Gasteiger partial charge in [0, 0.05) is 30.5 Å². The van der Waals surface area contributed by atoms with E-state index >= 15 is 0 Å². The zero-order valence-corrected chi connectivity index (χ0v) is 10.5.